The summed E-state index contributed by atoms with van der Waals surface area (Å²) in [6, 6.07) is 2.80. The van der Waals surface area contributed by atoms with Crippen LogP contribution < -0.4 is 0 Å². The maximum absolute atomic E-state index is 13.3. The SMILES string of the molecule is CSc1cc(Br)cc(C(=O)O)c1F. The van der Waals surface area contributed by atoms with Crippen molar-refractivity contribution in [3.63, 3.8) is 0 Å². The Kier molecular flexibility index (Phi) is 3.33. The van der Waals surface area contributed by atoms with Crippen molar-refractivity contribution < 1.29 is 14.3 Å². The maximum atomic E-state index is 13.3. The minimum absolute atomic E-state index is 0.307. The summed E-state index contributed by atoms with van der Waals surface area (Å²) < 4.78 is 13.8. The molecule has 1 aromatic carbocycles. The lowest BCUT2D eigenvalue weighted by Gasteiger charge is -2.03. The molecule has 1 N–H and O–H groups in total. The molecule has 13 heavy (non-hydrogen) atoms. The lowest BCUT2D eigenvalue weighted by Crippen LogP contribution is -2.01. The highest BCUT2D eigenvalue weighted by Gasteiger charge is 2.14. The van der Waals surface area contributed by atoms with Gasteiger partial charge in [-0.25, -0.2) is 9.18 Å². The van der Waals surface area contributed by atoms with Gasteiger partial charge in [-0.05, 0) is 18.4 Å². The van der Waals surface area contributed by atoms with Gasteiger partial charge in [-0.3, -0.25) is 0 Å². The number of hydrogen-bond donors (Lipinski definition) is 1. The Morgan fingerprint density at radius 1 is 1.62 bits per heavy atom. The molecule has 0 aliphatic carbocycles. The minimum Gasteiger partial charge on any atom is -0.478 e. The average molecular weight is 265 g/mol. The van der Waals surface area contributed by atoms with Gasteiger partial charge in [0, 0.05) is 9.37 Å². The van der Waals surface area contributed by atoms with Crippen LogP contribution in [0.5, 0.6) is 0 Å². The molecule has 0 aliphatic heterocycles. The number of carboxylic acids is 1. The predicted molar refractivity (Wildman–Crippen MR) is 52.8 cm³/mol. The molecule has 1 rings (SSSR count). The van der Waals surface area contributed by atoms with E-state index in [1.54, 1.807) is 12.3 Å². The minimum atomic E-state index is -1.26. The van der Waals surface area contributed by atoms with Crippen LogP contribution in [0.2, 0.25) is 0 Å². The molecule has 0 saturated heterocycles. The number of thioether (sulfide) groups is 1. The molecule has 1 aromatic rings. The van der Waals surface area contributed by atoms with Gasteiger partial charge < -0.3 is 5.11 Å². The number of hydrogen-bond acceptors (Lipinski definition) is 2. The van der Waals surface area contributed by atoms with Crippen LogP contribution >= 0.6 is 27.7 Å². The van der Waals surface area contributed by atoms with Crippen LogP contribution in [0.25, 0.3) is 0 Å². The highest BCUT2D eigenvalue weighted by atomic mass is 79.9. The third-order valence-corrected chi connectivity index (χ3v) is 2.65. The van der Waals surface area contributed by atoms with Crippen LogP contribution in [0, 0.1) is 5.82 Å². The van der Waals surface area contributed by atoms with E-state index in [0.29, 0.717) is 9.37 Å². The molecule has 2 nitrogen and oxygen atoms in total. The van der Waals surface area contributed by atoms with E-state index >= 15 is 0 Å². The van der Waals surface area contributed by atoms with Crippen molar-refractivity contribution in [1.82, 2.24) is 0 Å². The van der Waals surface area contributed by atoms with Crippen LogP contribution in [0.1, 0.15) is 10.4 Å². The Labute approximate surface area is 87.3 Å². The second kappa shape index (κ2) is 4.11. The fourth-order valence-corrected chi connectivity index (χ4v) is 2.01. The summed E-state index contributed by atoms with van der Waals surface area (Å²) in [5, 5.41) is 8.64. The summed E-state index contributed by atoms with van der Waals surface area (Å²) in [5.74, 6) is -1.93. The van der Waals surface area contributed by atoms with Crippen molar-refractivity contribution in [2.75, 3.05) is 6.26 Å². The van der Waals surface area contributed by atoms with E-state index in [-0.39, 0.29) is 5.56 Å². The summed E-state index contributed by atoms with van der Waals surface area (Å²) in [6.07, 6.45) is 1.69. The molecule has 0 unspecified atom stereocenters. The summed E-state index contributed by atoms with van der Waals surface area (Å²) in [6.45, 7) is 0. The average Bonchev–Trinajstić information content (AvgIpc) is 2.08. The molecule has 0 amide bonds. The molecular formula is C8H6BrFO2S. The van der Waals surface area contributed by atoms with Gasteiger partial charge in [-0.1, -0.05) is 15.9 Å². The zero-order valence-electron chi connectivity index (χ0n) is 6.67. The van der Waals surface area contributed by atoms with Crippen LogP contribution in [-0.2, 0) is 0 Å². The zero-order chi connectivity index (χ0) is 10.0. The standard InChI is InChI=1S/C8H6BrFO2S/c1-13-6-3-4(9)2-5(7(6)10)8(11)12/h2-3H,1H3,(H,11,12). The molecule has 0 fully saturated rings. The molecular weight excluding hydrogens is 259 g/mol. The van der Waals surface area contributed by atoms with Crippen LogP contribution in [0.3, 0.4) is 0 Å². The molecule has 0 heterocycles. The zero-order valence-corrected chi connectivity index (χ0v) is 9.08. The fraction of sp³-hybridized carbons (Fsp3) is 0.125. The van der Waals surface area contributed by atoms with Gasteiger partial charge in [-0.2, -0.15) is 0 Å². The van der Waals surface area contributed by atoms with E-state index in [1.165, 1.54) is 17.8 Å². The lowest BCUT2D eigenvalue weighted by atomic mass is 10.2. The Balaban J connectivity index is 3.35. The van der Waals surface area contributed by atoms with Crippen molar-refractivity contribution in [3.05, 3.63) is 28.0 Å². The Morgan fingerprint density at radius 2 is 2.23 bits per heavy atom. The molecule has 0 radical (unpaired) electrons. The lowest BCUT2D eigenvalue weighted by molar-refractivity contribution is 0.0691. The van der Waals surface area contributed by atoms with Crippen LogP contribution in [0.15, 0.2) is 21.5 Å². The van der Waals surface area contributed by atoms with E-state index in [2.05, 4.69) is 15.9 Å². The monoisotopic (exact) mass is 264 g/mol. The number of aromatic carboxylic acids is 1. The highest BCUT2D eigenvalue weighted by Crippen LogP contribution is 2.26. The third-order valence-electron chi connectivity index (χ3n) is 1.45. The fourth-order valence-electron chi connectivity index (χ4n) is 0.868. The van der Waals surface area contributed by atoms with Gasteiger partial charge in [0.25, 0.3) is 0 Å². The van der Waals surface area contributed by atoms with Crippen molar-refractivity contribution in [2.45, 2.75) is 4.90 Å². The van der Waals surface area contributed by atoms with Crippen molar-refractivity contribution in [3.8, 4) is 0 Å². The first-order valence-corrected chi connectivity index (χ1v) is 5.34. The molecule has 0 aliphatic rings. The maximum Gasteiger partial charge on any atom is 0.338 e. The Hall–Kier alpha value is -0.550. The predicted octanol–water partition coefficient (Wildman–Crippen LogP) is 3.01. The third kappa shape index (κ3) is 2.22. The van der Waals surface area contributed by atoms with E-state index in [1.807, 2.05) is 0 Å². The second-order valence-electron chi connectivity index (χ2n) is 2.27. The highest BCUT2D eigenvalue weighted by molar-refractivity contribution is 9.10. The topological polar surface area (TPSA) is 37.3 Å². The van der Waals surface area contributed by atoms with Crippen LogP contribution in [-0.4, -0.2) is 17.3 Å². The summed E-state index contributed by atoms with van der Waals surface area (Å²) in [4.78, 5) is 10.9. The van der Waals surface area contributed by atoms with Crippen molar-refractivity contribution in [2.24, 2.45) is 0 Å². The normalized spacial score (nSPS) is 10.1. The Morgan fingerprint density at radius 3 is 2.69 bits per heavy atom. The molecule has 0 aromatic heterocycles. The van der Waals surface area contributed by atoms with Crippen molar-refractivity contribution in [1.29, 1.82) is 0 Å². The summed E-state index contributed by atoms with van der Waals surface area (Å²) in [7, 11) is 0. The number of benzene rings is 1. The van der Waals surface area contributed by atoms with E-state index in [9.17, 15) is 9.18 Å². The van der Waals surface area contributed by atoms with Gasteiger partial charge in [0.15, 0.2) is 5.82 Å². The van der Waals surface area contributed by atoms with Crippen molar-refractivity contribution >= 4 is 33.7 Å². The van der Waals surface area contributed by atoms with Gasteiger partial charge in [0.2, 0.25) is 0 Å². The molecule has 70 valence electrons. The molecule has 0 spiro atoms. The quantitative estimate of drug-likeness (QED) is 0.835. The van der Waals surface area contributed by atoms with Gasteiger partial charge in [0.1, 0.15) is 0 Å². The number of rotatable bonds is 2. The smallest absolute Gasteiger partial charge is 0.338 e. The molecule has 5 heteroatoms. The molecule has 0 bridgehead atoms. The number of carboxylic acid groups (broad SMARTS) is 1. The Bertz CT molecular complexity index is 354. The first kappa shape index (κ1) is 10.5. The van der Waals surface area contributed by atoms with E-state index in [4.69, 9.17) is 5.11 Å². The van der Waals surface area contributed by atoms with Gasteiger partial charge in [-0.15, -0.1) is 11.8 Å². The number of carbonyl (C=O) groups is 1. The van der Waals surface area contributed by atoms with Crippen LogP contribution in [0.4, 0.5) is 4.39 Å². The van der Waals surface area contributed by atoms with Gasteiger partial charge in [0.05, 0.1) is 5.56 Å². The first-order valence-electron chi connectivity index (χ1n) is 3.32. The summed E-state index contributed by atoms with van der Waals surface area (Å²) >= 11 is 4.29. The van der Waals surface area contributed by atoms with E-state index in [0.717, 1.165) is 0 Å². The second-order valence-corrected chi connectivity index (χ2v) is 4.04. The number of halogens is 2. The first-order chi connectivity index (χ1) is 6.06. The molecule has 0 saturated carbocycles. The summed E-state index contributed by atoms with van der Waals surface area (Å²) in [5.41, 5.74) is -0.307. The van der Waals surface area contributed by atoms with E-state index < -0.39 is 11.8 Å². The molecule has 0 atom stereocenters. The largest absolute Gasteiger partial charge is 0.478 e. The van der Waals surface area contributed by atoms with Gasteiger partial charge >= 0.3 is 5.97 Å².